The second-order valence-electron chi connectivity index (χ2n) is 2.57. The number of thioether (sulfide) groups is 1. The highest BCUT2D eigenvalue weighted by Gasteiger charge is 1.91. The lowest BCUT2D eigenvalue weighted by molar-refractivity contribution is -0.109. The fourth-order valence-electron chi connectivity index (χ4n) is 0.768. The molecule has 14 heavy (non-hydrogen) atoms. The average Bonchev–Trinajstić information content (AvgIpc) is 2.15. The molecule has 0 aromatic carbocycles. The summed E-state index contributed by atoms with van der Waals surface area (Å²) in [5, 5.41) is 0.109. The van der Waals surface area contributed by atoms with Gasteiger partial charge in [-0.25, -0.2) is 4.98 Å². The number of anilines is 1. The summed E-state index contributed by atoms with van der Waals surface area (Å²) in [6, 6.07) is 0. The predicted molar refractivity (Wildman–Crippen MR) is 58.6 cm³/mol. The van der Waals surface area contributed by atoms with E-state index in [1.54, 1.807) is 13.1 Å². The first-order valence-corrected chi connectivity index (χ1v) is 5.04. The van der Waals surface area contributed by atoms with Gasteiger partial charge in [0.2, 0.25) is 0 Å². The molecule has 1 aromatic heterocycles. The zero-order valence-corrected chi connectivity index (χ0v) is 8.62. The van der Waals surface area contributed by atoms with Crippen LogP contribution in [-0.4, -0.2) is 20.8 Å². The Hall–Kier alpha value is -1.36. The number of carbonyl (C=O) groups excluding carboxylic acids is 1. The molecule has 1 heterocycles. The number of nitrogens with two attached hydrogens (primary N) is 1. The first-order chi connectivity index (χ1) is 6.68. The predicted octanol–water partition coefficient (Wildman–Crippen LogP) is 1.35. The van der Waals surface area contributed by atoms with Gasteiger partial charge in [-0.2, -0.15) is 0 Å². The van der Waals surface area contributed by atoms with E-state index in [0.29, 0.717) is 11.6 Å². The van der Waals surface area contributed by atoms with Crippen molar-refractivity contribution >= 4 is 28.8 Å². The smallest absolute Gasteiger partial charge is 0.186 e. The molecule has 0 amide bonds. The molecule has 0 saturated carbocycles. The Bertz CT molecular complexity index is 334. The van der Waals surface area contributed by atoms with Crippen LogP contribution in [0.5, 0.6) is 0 Å². The van der Waals surface area contributed by atoms with Crippen LogP contribution in [0, 0.1) is 0 Å². The first kappa shape index (κ1) is 10.7. The largest absolute Gasteiger partial charge is 0.382 e. The molecule has 0 unspecified atom stereocenters. The first-order valence-electron chi connectivity index (χ1n) is 4.06. The fourth-order valence-corrected chi connectivity index (χ4v) is 1.20. The van der Waals surface area contributed by atoms with Gasteiger partial charge in [0.05, 0.1) is 18.1 Å². The standard InChI is InChI=1S/C9H11N3OS/c1-7(13)14-4-2-3-8-5-12-9(10)6-11-8/h2-3,5-6H,4H2,1H3,(H2,10,12). The maximum absolute atomic E-state index is 10.6. The van der Waals surface area contributed by atoms with Crippen molar-refractivity contribution in [1.82, 2.24) is 9.97 Å². The number of hydrogen-bond donors (Lipinski definition) is 1. The van der Waals surface area contributed by atoms with Gasteiger partial charge < -0.3 is 5.73 Å². The van der Waals surface area contributed by atoms with Crippen molar-refractivity contribution in [2.45, 2.75) is 6.92 Å². The van der Waals surface area contributed by atoms with Gasteiger partial charge in [0, 0.05) is 12.7 Å². The second kappa shape index (κ2) is 5.39. The highest BCUT2D eigenvalue weighted by Crippen LogP contribution is 2.03. The molecule has 1 rings (SSSR count). The maximum atomic E-state index is 10.6. The minimum Gasteiger partial charge on any atom is -0.382 e. The van der Waals surface area contributed by atoms with Gasteiger partial charge in [0.25, 0.3) is 0 Å². The molecule has 0 aliphatic carbocycles. The van der Waals surface area contributed by atoms with Gasteiger partial charge in [0.1, 0.15) is 5.82 Å². The molecule has 0 spiro atoms. The van der Waals surface area contributed by atoms with Gasteiger partial charge in [-0.1, -0.05) is 17.8 Å². The normalized spacial score (nSPS) is 10.6. The Morgan fingerprint density at radius 2 is 2.36 bits per heavy atom. The van der Waals surface area contributed by atoms with Crippen molar-refractivity contribution in [3.8, 4) is 0 Å². The van der Waals surface area contributed by atoms with Gasteiger partial charge in [-0.3, -0.25) is 9.78 Å². The fraction of sp³-hybridized carbons (Fsp3) is 0.222. The van der Waals surface area contributed by atoms with Crippen LogP contribution < -0.4 is 5.73 Å². The van der Waals surface area contributed by atoms with Crippen LogP contribution in [0.3, 0.4) is 0 Å². The molecule has 0 saturated heterocycles. The molecular weight excluding hydrogens is 198 g/mol. The average molecular weight is 209 g/mol. The molecule has 0 radical (unpaired) electrons. The zero-order chi connectivity index (χ0) is 10.4. The van der Waals surface area contributed by atoms with Crippen LogP contribution in [0.1, 0.15) is 12.6 Å². The summed E-state index contributed by atoms with van der Waals surface area (Å²) in [5.74, 6) is 1.06. The van der Waals surface area contributed by atoms with E-state index >= 15 is 0 Å². The molecule has 0 fully saturated rings. The van der Waals surface area contributed by atoms with E-state index in [2.05, 4.69) is 9.97 Å². The Labute approximate surface area is 86.6 Å². The molecular formula is C9H11N3OS. The topological polar surface area (TPSA) is 68.9 Å². The highest BCUT2D eigenvalue weighted by molar-refractivity contribution is 8.13. The van der Waals surface area contributed by atoms with E-state index in [1.165, 1.54) is 18.0 Å². The highest BCUT2D eigenvalue weighted by atomic mass is 32.2. The van der Waals surface area contributed by atoms with Crippen molar-refractivity contribution in [3.05, 3.63) is 24.2 Å². The van der Waals surface area contributed by atoms with E-state index < -0.39 is 0 Å². The zero-order valence-electron chi connectivity index (χ0n) is 7.80. The van der Waals surface area contributed by atoms with Crippen LogP contribution >= 0.6 is 11.8 Å². The third kappa shape index (κ3) is 4.04. The van der Waals surface area contributed by atoms with E-state index in [4.69, 9.17) is 5.73 Å². The number of nitrogens with zero attached hydrogens (tertiary/aromatic N) is 2. The van der Waals surface area contributed by atoms with E-state index in [1.807, 2.05) is 12.2 Å². The number of hydrogen-bond acceptors (Lipinski definition) is 5. The van der Waals surface area contributed by atoms with Crippen LogP contribution in [0.4, 0.5) is 5.82 Å². The Morgan fingerprint density at radius 1 is 1.57 bits per heavy atom. The molecule has 0 aliphatic rings. The summed E-state index contributed by atoms with van der Waals surface area (Å²) in [6.45, 7) is 1.54. The van der Waals surface area contributed by atoms with Gasteiger partial charge in [-0.15, -0.1) is 0 Å². The lowest BCUT2D eigenvalue weighted by Crippen LogP contribution is -1.91. The molecule has 5 heteroatoms. The van der Waals surface area contributed by atoms with Crippen molar-refractivity contribution in [2.75, 3.05) is 11.5 Å². The summed E-state index contributed by atoms with van der Waals surface area (Å²) in [6.07, 6.45) is 6.76. The summed E-state index contributed by atoms with van der Waals surface area (Å²) in [4.78, 5) is 18.5. The van der Waals surface area contributed by atoms with Crippen LogP contribution in [0.15, 0.2) is 18.5 Å². The van der Waals surface area contributed by atoms with E-state index in [9.17, 15) is 4.79 Å². The Morgan fingerprint density at radius 3 is 2.93 bits per heavy atom. The van der Waals surface area contributed by atoms with Gasteiger partial charge in [-0.05, 0) is 6.08 Å². The summed E-state index contributed by atoms with van der Waals surface area (Å²) < 4.78 is 0. The Balaban J connectivity index is 2.44. The number of rotatable bonds is 3. The van der Waals surface area contributed by atoms with E-state index in [-0.39, 0.29) is 5.12 Å². The van der Waals surface area contributed by atoms with Gasteiger partial charge in [0.15, 0.2) is 5.12 Å². The molecule has 0 aliphatic heterocycles. The lowest BCUT2D eigenvalue weighted by atomic mass is 10.4. The quantitative estimate of drug-likeness (QED) is 0.813. The minimum absolute atomic E-state index is 0.109. The molecule has 0 atom stereocenters. The lowest BCUT2D eigenvalue weighted by Gasteiger charge is -1.92. The van der Waals surface area contributed by atoms with Crippen LogP contribution in [0.2, 0.25) is 0 Å². The third-order valence-corrected chi connectivity index (χ3v) is 2.13. The maximum Gasteiger partial charge on any atom is 0.186 e. The van der Waals surface area contributed by atoms with Crippen LogP contribution in [0.25, 0.3) is 6.08 Å². The van der Waals surface area contributed by atoms with Crippen molar-refractivity contribution < 1.29 is 4.79 Å². The summed E-state index contributed by atoms with van der Waals surface area (Å²) >= 11 is 1.26. The summed E-state index contributed by atoms with van der Waals surface area (Å²) in [7, 11) is 0. The molecule has 2 N–H and O–H groups in total. The molecule has 1 aromatic rings. The van der Waals surface area contributed by atoms with E-state index in [0.717, 1.165) is 5.69 Å². The molecule has 74 valence electrons. The third-order valence-electron chi connectivity index (χ3n) is 1.36. The molecule has 4 nitrogen and oxygen atoms in total. The van der Waals surface area contributed by atoms with Crippen LogP contribution in [-0.2, 0) is 4.79 Å². The monoisotopic (exact) mass is 209 g/mol. The number of carbonyl (C=O) groups is 1. The van der Waals surface area contributed by atoms with Gasteiger partial charge >= 0.3 is 0 Å². The minimum atomic E-state index is 0.109. The second-order valence-corrected chi connectivity index (χ2v) is 3.77. The van der Waals surface area contributed by atoms with Crippen molar-refractivity contribution in [2.24, 2.45) is 0 Å². The SMILES string of the molecule is CC(=O)SCC=Cc1cnc(N)cn1. The number of nitrogen functional groups attached to an aromatic ring is 1. The number of aromatic nitrogens is 2. The van der Waals surface area contributed by atoms with Crippen molar-refractivity contribution in [3.63, 3.8) is 0 Å². The van der Waals surface area contributed by atoms with Crippen molar-refractivity contribution in [1.29, 1.82) is 0 Å². The molecule has 0 bridgehead atoms. The summed E-state index contributed by atoms with van der Waals surface area (Å²) in [5.41, 5.74) is 6.11. The Kier molecular flexibility index (Phi) is 4.12.